The van der Waals surface area contributed by atoms with Crippen LogP contribution in [0.2, 0.25) is 0 Å². The molecule has 2 nitrogen and oxygen atoms in total. The van der Waals surface area contributed by atoms with Crippen molar-refractivity contribution in [3.63, 3.8) is 0 Å². The molecule has 2 atom stereocenters. The summed E-state index contributed by atoms with van der Waals surface area (Å²) in [5.74, 6) is 1.98. The Morgan fingerprint density at radius 1 is 1.45 bits per heavy atom. The summed E-state index contributed by atoms with van der Waals surface area (Å²) in [6.07, 6.45) is 12.5. The molecule has 0 spiro atoms. The maximum absolute atomic E-state index is 12.0. The summed E-state index contributed by atoms with van der Waals surface area (Å²) in [5, 5.41) is 0. The average molecular weight is 271 g/mol. The Hall–Kier alpha value is -1.31. The van der Waals surface area contributed by atoms with Gasteiger partial charge >= 0.3 is 0 Å². The first-order chi connectivity index (χ1) is 9.44. The highest BCUT2D eigenvalue weighted by Crippen LogP contribution is 2.62. The quantitative estimate of drug-likeness (QED) is 0.759. The van der Waals surface area contributed by atoms with E-state index in [0.717, 1.165) is 12.8 Å². The Balaban J connectivity index is 1.70. The number of allylic oxidation sites excluding steroid dienone is 5. The molecule has 0 aromatic carbocycles. The molecule has 2 unspecified atom stereocenters. The van der Waals surface area contributed by atoms with Crippen molar-refractivity contribution in [1.82, 2.24) is 4.90 Å². The summed E-state index contributed by atoms with van der Waals surface area (Å²) in [7, 11) is 1.88. The molecular weight excluding hydrogens is 246 g/mol. The zero-order valence-corrected chi connectivity index (χ0v) is 13.0. The van der Waals surface area contributed by atoms with Crippen LogP contribution in [0.4, 0.5) is 0 Å². The first kappa shape index (κ1) is 13.7. The molecule has 0 aromatic rings. The average Bonchev–Trinajstić information content (AvgIpc) is 3.27. The highest BCUT2D eigenvalue weighted by molar-refractivity contribution is 5.81. The van der Waals surface area contributed by atoms with Crippen LogP contribution in [0.5, 0.6) is 0 Å². The van der Waals surface area contributed by atoms with Crippen LogP contribution in [0.25, 0.3) is 0 Å². The molecule has 2 saturated carbocycles. The fraction of sp³-hybridized carbons (Fsp3) is 0.611. The van der Waals surface area contributed by atoms with Crippen molar-refractivity contribution >= 4 is 5.91 Å². The molecule has 0 saturated heterocycles. The minimum atomic E-state index is 0.271. The summed E-state index contributed by atoms with van der Waals surface area (Å²) >= 11 is 0. The van der Waals surface area contributed by atoms with Crippen molar-refractivity contribution in [2.24, 2.45) is 23.2 Å². The Kier molecular flexibility index (Phi) is 3.15. The van der Waals surface area contributed by atoms with Crippen LogP contribution >= 0.6 is 0 Å². The van der Waals surface area contributed by atoms with Gasteiger partial charge in [-0.15, -0.1) is 0 Å². The second-order valence-corrected chi connectivity index (χ2v) is 7.07. The van der Waals surface area contributed by atoms with E-state index in [1.165, 1.54) is 17.6 Å². The maximum atomic E-state index is 12.0. The van der Waals surface area contributed by atoms with Crippen LogP contribution in [0, 0.1) is 23.2 Å². The predicted molar refractivity (Wildman–Crippen MR) is 81.9 cm³/mol. The first-order valence-corrected chi connectivity index (χ1v) is 7.80. The molecule has 3 rings (SSSR count). The number of fused-ring (bicyclic) bond motifs is 1. The van der Waals surface area contributed by atoms with E-state index in [-0.39, 0.29) is 11.8 Å². The topological polar surface area (TPSA) is 20.3 Å². The highest BCUT2D eigenvalue weighted by Gasteiger charge is 2.53. The zero-order chi connectivity index (χ0) is 14.5. The van der Waals surface area contributed by atoms with E-state index in [9.17, 15) is 4.79 Å². The molecule has 2 heteroatoms. The van der Waals surface area contributed by atoms with E-state index >= 15 is 0 Å². The second kappa shape index (κ2) is 4.61. The van der Waals surface area contributed by atoms with E-state index in [2.05, 4.69) is 39.0 Å². The van der Waals surface area contributed by atoms with Gasteiger partial charge in [-0.1, -0.05) is 32.1 Å². The fourth-order valence-electron chi connectivity index (χ4n) is 3.41. The SMILES string of the molecule is C/C(=C\N(C)C(=O)C1CC1)C1=CC2CC2(C(C)C)C=C1. The standard InChI is InChI=1S/C18H25NO/c1-12(2)18-8-7-15(9-16(18)10-18)13(3)11-19(4)17(20)14-5-6-14/h7-9,11-12,14,16H,5-6,10H2,1-4H3/b13-11+. The number of rotatable bonds is 4. The maximum Gasteiger partial charge on any atom is 0.229 e. The molecule has 1 amide bonds. The van der Waals surface area contributed by atoms with E-state index in [1.54, 1.807) is 4.90 Å². The Morgan fingerprint density at radius 3 is 2.70 bits per heavy atom. The fourth-order valence-corrected chi connectivity index (χ4v) is 3.41. The molecular formula is C18H25NO. The van der Waals surface area contributed by atoms with Gasteiger partial charge in [0.15, 0.2) is 0 Å². The predicted octanol–water partition coefficient (Wildman–Crippen LogP) is 3.92. The molecule has 0 N–H and O–H groups in total. The van der Waals surface area contributed by atoms with Crippen LogP contribution in [0.1, 0.15) is 40.0 Å². The summed E-state index contributed by atoms with van der Waals surface area (Å²) in [6, 6.07) is 0. The molecule has 0 radical (unpaired) electrons. The third-order valence-electron chi connectivity index (χ3n) is 5.25. The highest BCUT2D eigenvalue weighted by atomic mass is 16.2. The molecule has 2 fully saturated rings. The molecule has 20 heavy (non-hydrogen) atoms. The van der Waals surface area contributed by atoms with Gasteiger partial charge in [0.05, 0.1) is 0 Å². The van der Waals surface area contributed by atoms with Crippen molar-refractivity contribution < 1.29 is 4.79 Å². The number of nitrogens with zero attached hydrogens (tertiary/aromatic N) is 1. The van der Waals surface area contributed by atoms with Crippen molar-refractivity contribution in [3.8, 4) is 0 Å². The normalized spacial score (nSPS) is 31.9. The zero-order valence-electron chi connectivity index (χ0n) is 13.0. The van der Waals surface area contributed by atoms with Gasteiger partial charge in [0.1, 0.15) is 0 Å². The minimum absolute atomic E-state index is 0.271. The van der Waals surface area contributed by atoms with Gasteiger partial charge < -0.3 is 4.90 Å². The molecule has 0 bridgehead atoms. The van der Waals surface area contributed by atoms with Gasteiger partial charge in [-0.2, -0.15) is 0 Å². The Labute approximate surface area is 122 Å². The number of amides is 1. The van der Waals surface area contributed by atoms with Crippen molar-refractivity contribution in [2.45, 2.75) is 40.0 Å². The number of hydrogen-bond donors (Lipinski definition) is 0. The minimum Gasteiger partial charge on any atom is -0.322 e. The largest absolute Gasteiger partial charge is 0.322 e. The molecule has 3 aliphatic rings. The monoisotopic (exact) mass is 271 g/mol. The lowest BCUT2D eigenvalue weighted by molar-refractivity contribution is -0.128. The van der Waals surface area contributed by atoms with Crippen molar-refractivity contribution in [1.29, 1.82) is 0 Å². The lowest BCUT2D eigenvalue weighted by Gasteiger charge is -2.21. The molecule has 3 aliphatic carbocycles. The summed E-state index contributed by atoms with van der Waals surface area (Å²) < 4.78 is 0. The lowest BCUT2D eigenvalue weighted by atomic mass is 9.85. The van der Waals surface area contributed by atoms with Crippen LogP contribution in [0.3, 0.4) is 0 Å². The van der Waals surface area contributed by atoms with Crippen LogP contribution < -0.4 is 0 Å². The van der Waals surface area contributed by atoms with E-state index < -0.39 is 0 Å². The van der Waals surface area contributed by atoms with Gasteiger partial charge in [-0.05, 0) is 54.6 Å². The molecule has 0 aromatic heterocycles. The third-order valence-corrected chi connectivity index (χ3v) is 5.25. The summed E-state index contributed by atoms with van der Waals surface area (Å²) in [5.41, 5.74) is 2.92. The number of carbonyl (C=O) groups excluding carboxylic acids is 1. The van der Waals surface area contributed by atoms with Gasteiger partial charge in [0.2, 0.25) is 5.91 Å². The van der Waals surface area contributed by atoms with Gasteiger partial charge in [-0.25, -0.2) is 0 Å². The van der Waals surface area contributed by atoms with Gasteiger partial charge in [0.25, 0.3) is 0 Å². The van der Waals surface area contributed by atoms with Gasteiger partial charge in [-0.3, -0.25) is 4.79 Å². The van der Waals surface area contributed by atoms with Crippen molar-refractivity contribution in [3.05, 3.63) is 35.6 Å². The Morgan fingerprint density at radius 2 is 2.15 bits per heavy atom. The summed E-state index contributed by atoms with van der Waals surface area (Å²) in [4.78, 5) is 13.8. The summed E-state index contributed by atoms with van der Waals surface area (Å²) in [6.45, 7) is 6.74. The third kappa shape index (κ3) is 2.25. The molecule has 0 aliphatic heterocycles. The molecule has 0 heterocycles. The first-order valence-electron chi connectivity index (χ1n) is 7.80. The van der Waals surface area contributed by atoms with E-state index in [1.807, 2.05) is 13.2 Å². The van der Waals surface area contributed by atoms with E-state index in [0.29, 0.717) is 17.3 Å². The van der Waals surface area contributed by atoms with Crippen LogP contribution in [-0.2, 0) is 4.79 Å². The van der Waals surface area contributed by atoms with Crippen molar-refractivity contribution in [2.75, 3.05) is 7.05 Å². The van der Waals surface area contributed by atoms with E-state index in [4.69, 9.17) is 0 Å². The smallest absolute Gasteiger partial charge is 0.229 e. The van der Waals surface area contributed by atoms with Crippen LogP contribution in [0.15, 0.2) is 35.6 Å². The van der Waals surface area contributed by atoms with Gasteiger partial charge in [0, 0.05) is 19.2 Å². The second-order valence-electron chi connectivity index (χ2n) is 7.07. The lowest BCUT2D eigenvalue weighted by Crippen LogP contribution is -2.23. The number of carbonyl (C=O) groups is 1. The van der Waals surface area contributed by atoms with Crippen LogP contribution in [-0.4, -0.2) is 17.9 Å². The Bertz CT molecular complexity index is 522. The molecule has 108 valence electrons. The number of hydrogen-bond acceptors (Lipinski definition) is 1.